The van der Waals surface area contributed by atoms with Crippen LogP contribution in [-0.2, 0) is 4.79 Å². The van der Waals surface area contributed by atoms with Gasteiger partial charge in [-0.3, -0.25) is 14.6 Å². The zero-order valence-electron chi connectivity index (χ0n) is 18.8. The predicted molar refractivity (Wildman–Crippen MR) is 126 cm³/mol. The van der Waals surface area contributed by atoms with E-state index in [1.807, 2.05) is 42.2 Å². The second kappa shape index (κ2) is 9.39. The minimum absolute atomic E-state index is 0.00124. The summed E-state index contributed by atoms with van der Waals surface area (Å²) in [7, 11) is 0. The van der Waals surface area contributed by atoms with Gasteiger partial charge in [-0.1, -0.05) is 18.2 Å². The van der Waals surface area contributed by atoms with Crippen molar-refractivity contribution in [2.75, 3.05) is 11.9 Å². The maximum atomic E-state index is 12.8. The standard InChI is InChI=1S/C26H29N3O3/c1-17-10-11-20-8-5-9-23(25(20)27-17)28-26(31)21-12-14-22(15-13-21)32-16-24(30)29-18(2)6-4-7-19(29)3/h5,8-15,18-19H,4,6-7,16H2,1-3H3,(H,28,31). The molecule has 1 aliphatic rings. The summed E-state index contributed by atoms with van der Waals surface area (Å²) in [5, 5.41) is 3.92. The number of para-hydroxylation sites is 1. The number of aryl methyl sites for hydroxylation is 1. The molecular weight excluding hydrogens is 402 g/mol. The Kier molecular flexibility index (Phi) is 6.40. The van der Waals surface area contributed by atoms with Crippen molar-refractivity contribution in [1.82, 2.24) is 9.88 Å². The summed E-state index contributed by atoms with van der Waals surface area (Å²) in [5.41, 5.74) is 2.84. The summed E-state index contributed by atoms with van der Waals surface area (Å²) in [6.07, 6.45) is 3.22. The van der Waals surface area contributed by atoms with Gasteiger partial charge < -0.3 is 15.0 Å². The topological polar surface area (TPSA) is 71.5 Å². The van der Waals surface area contributed by atoms with Crippen molar-refractivity contribution in [3.05, 3.63) is 65.9 Å². The Balaban J connectivity index is 1.39. The van der Waals surface area contributed by atoms with Crippen molar-refractivity contribution in [3.8, 4) is 5.75 Å². The molecule has 6 nitrogen and oxygen atoms in total. The third kappa shape index (κ3) is 4.74. The number of benzene rings is 2. The first-order chi connectivity index (χ1) is 15.4. The number of fused-ring (bicyclic) bond motifs is 1. The summed E-state index contributed by atoms with van der Waals surface area (Å²) in [5.74, 6) is 0.347. The minimum atomic E-state index is -0.223. The molecule has 0 spiro atoms. The minimum Gasteiger partial charge on any atom is -0.484 e. The van der Waals surface area contributed by atoms with Crippen molar-refractivity contribution in [2.45, 2.75) is 52.1 Å². The molecule has 1 aromatic heterocycles. The lowest BCUT2D eigenvalue weighted by molar-refractivity contribution is -0.139. The lowest BCUT2D eigenvalue weighted by atomic mass is 9.97. The second-order valence-corrected chi connectivity index (χ2v) is 8.53. The van der Waals surface area contributed by atoms with E-state index in [2.05, 4.69) is 24.1 Å². The fraction of sp³-hybridized carbons (Fsp3) is 0.346. The maximum absolute atomic E-state index is 12.8. The van der Waals surface area contributed by atoms with Gasteiger partial charge >= 0.3 is 0 Å². The Hall–Kier alpha value is -3.41. The van der Waals surface area contributed by atoms with Gasteiger partial charge in [-0.2, -0.15) is 0 Å². The molecule has 0 aliphatic carbocycles. The third-order valence-corrected chi connectivity index (χ3v) is 6.07. The van der Waals surface area contributed by atoms with Crippen molar-refractivity contribution in [1.29, 1.82) is 0 Å². The number of amides is 2. The van der Waals surface area contributed by atoms with E-state index < -0.39 is 0 Å². The van der Waals surface area contributed by atoms with Gasteiger partial charge in [0.15, 0.2) is 6.61 Å². The highest BCUT2D eigenvalue weighted by molar-refractivity contribution is 6.08. The molecular formula is C26H29N3O3. The highest BCUT2D eigenvalue weighted by atomic mass is 16.5. The van der Waals surface area contributed by atoms with Gasteiger partial charge in [0, 0.05) is 28.7 Å². The summed E-state index contributed by atoms with van der Waals surface area (Å²) < 4.78 is 5.71. The first kappa shape index (κ1) is 21.8. The number of anilines is 1. The molecule has 2 amide bonds. The largest absolute Gasteiger partial charge is 0.484 e. The number of carbonyl (C=O) groups is 2. The maximum Gasteiger partial charge on any atom is 0.260 e. The van der Waals surface area contributed by atoms with E-state index in [1.54, 1.807) is 24.3 Å². The van der Waals surface area contributed by atoms with E-state index in [9.17, 15) is 9.59 Å². The molecule has 2 unspecified atom stereocenters. The van der Waals surface area contributed by atoms with E-state index >= 15 is 0 Å². The normalized spacial score (nSPS) is 18.4. The SMILES string of the molecule is Cc1ccc2cccc(NC(=O)c3ccc(OCC(=O)N4C(C)CCCC4C)cc3)c2n1. The Labute approximate surface area is 188 Å². The van der Waals surface area contributed by atoms with Crippen LogP contribution in [0.2, 0.25) is 0 Å². The van der Waals surface area contributed by atoms with Crippen LogP contribution in [0.5, 0.6) is 5.75 Å². The van der Waals surface area contributed by atoms with E-state index in [1.165, 1.54) is 0 Å². The Morgan fingerprint density at radius 2 is 1.75 bits per heavy atom. The molecule has 166 valence electrons. The first-order valence-corrected chi connectivity index (χ1v) is 11.1. The lowest BCUT2D eigenvalue weighted by Gasteiger charge is -2.38. The molecule has 0 saturated carbocycles. The van der Waals surface area contributed by atoms with Crippen LogP contribution in [-0.4, -0.2) is 40.4 Å². The van der Waals surface area contributed by atoms with Crippen molar-refractivity contribution >= 4 is 28.4 Å². The number of nitrogens with zero attached hydrogens (tertiary/aromatic N) is 2. The van der Waals surface area contributed by atoms with Crippen LogP contribution in [0.3, 0.4) is 0 Å². The van der Waals surface area contributed by atoms with Gasteiger partial charge in [-0.25, -0.2) is 0 Å². The van der Waals surface area contributed by atoms with E-state index in [-0.39, 0.29) is 30.5 Å². The third-order valence-electron chi connectivity index (χ3n) is 6.07. The number of hydrogen-bond acceptors (Lipinski definition) is 4. The number of nitrogens with one attached hydrogen (secondary N) is 1. The van der Waals surface area contributed by atoms with Gasteiger partial charge in [-0.05, 0) is 76.4 Å². The fourth-order valence-electron chi connectivity index (χ4n) is 4.38. The first-order valence-electron chi connectivity index (χ1n) is 11.1. The molecule has 2 aromatic carbocycles. The van der Waals surface area contributed by atoms with Crippen LogP contribution in [0.25, 0.3) is 10.9 Å². The van der Waals surface area contributed by atoms with Crippen molar-refractivity contribution < 1.29 is 14.3 Å². The predicted octanol–water partition coefficient (Wildman–Crippen LogP) is 4.96. The van der Waals surface area contributed by atoms with Gasteiger partial charge in [0.25, 0.3) is 11.8 Å². The van der Waals surface area contributed by atoms with Crippen molar-refractivity contribution in [2.24, 2.45) is 0 Å². The summed E-state index contributed by atoms with van der Waals surface area (Å²) in [6, 6.07) is 17.0. The molecule has 2 heterocycles. The number of carbonyl (C=O) groups excluding carboxylic acids is 2. The average Bonchev–Trinajstić information content (AvgIpc) is 2.78. The number of rotatable bonds is 5. The lowest BCUT2D eigenvalue weighted by Crippen LogP contribution is -2.49. The molecule has 6 heteroatoms. The quantitative estimate of drug-likeness (QED) is 0.620. The number of ether oxygens (including phenoxy) is 1. The molecule has 2 atom stereocenters. The second-order valence-electron chi connectivity index (χ2n) is 8.53. The summed E-state index contributed by atoms with van der Waals surface area (Å²) in [4.78, 5) is 31.9. The smallest absolute Gasteiger partial charge is 0.260 e. The zero-order valence-corrected chi connectivity index (χ0v) is 18.8. The van der Waals surface area contributed by atoms with Gasteiger partial charge in [0.05, 0.1) is 11.2 Å². The summed E-state index contributed by atoms with van der Waals surface area (Å²) in [6.45, 7) is 6.11. The van der Waals surface area contributed by atoms with Crippen LogP contribution in [0.15, 0.2) is 54.6 Å². The number of aromatic nitrogens is 1. The number of hydrogen-bond donors (Lipinski definition) is 1. The Bertz CT molecular complexity index is 1120. The fourth-order valence-corrected chi connectivity index (χ4v) is 4.38. The van der Waals surface area contributed by atoms with Gasteiger partial charge in [0.2, 0.25) is 0 Å². The van der Waals surface area contributed by atoms with Crippen molar-refractivity contribution in [3.63, 3.8) is 0 Å². The monoisotopic (exact) mass is 431 g/mol. The molecule has 4 rings (SSSR count). The van der Waals surface area contributed by atoms with E-state index in [0.29, 0.717) is 17.0 Å². The van der Waals surface area contributed by atoms with Crippen LogP contribution in [0.4, 0.5) is 5.69 Å². The zero-order chi connectivity index (χ0) is 22.7. The highest BCUT2D eigenvalue weighted by Crippen LogP contribution is 2.24. The molecule has 32 heavy (non-hydrogen) atoms. The number of likely N-dealkylation sites (tertiary alicyclic amines) is 1. The molecule has 1 saturated heterocycles. The number of piperidine rings is 1. The van der Waals surface area contributed by atoms with Crippen LogP contribution < -0.4 is 10.1 Å². The summed E-state index contributed by atoms with van der Waals surface area (Å²) >= 11 is 0. The molecule has 1 N–H and O–H groups in total. The molecule has 0 bridgehead atoms. The molecule has 0 radical (unpaired) electrons. The van der Waals surface area contributed by atoms with E-state index in [4.69, 9.17) is 4.74 Å². The highest BCUT2D eigenvalue weighted by Gasteiger charge is 2.29. The molecule has 3 aromatic rings. The van der Waals surface area contributed by atoms with Crippen LogP contribution in [0.1, 0.15) is 49.2 Å². The van der Waals surface area contributed by atoms with Gasteiger partial charge in [0.1, 0.15) is 5.75 Å². The Morgan fingerprint density at radius 1 is 1.03 bits per heavy atom. The molecule has 1 aliphatic heterocycles. The van der Waals surface area contributed by atoms with Crippen LogP contribution in [0, 0.1) is 6.92 Å². The average molecular weight is 432 g/mol. The van der Waals surface area contributed by atoms with Crippen LogP contribution >= 0.6 is 0 Å². The molecule has 1 fully saturated rings. The Morgan fingerprint density at radius 3 is 2.47 bits per heavy atom. The van der Waals surface area contributed by atoms with Gasteiger partial charge in [-0.15, -0.1) is 0 Å². The van der Waals surface area contributed by atoms with E-state index in [0.717, 1.165) is 35.9 Å². The number of pyridine rings is 1.